The topological polar surface area (TPSA) is 50.1 Å². The van der Waals surface area contributed by atoms with Gasteiger partial charge in [-0.05, 0) is 94.7 Å². The maximum atomic E-state index is 5.79. The standard InChI is InChI=1S/C36H66O4/c1-15-32(14,33(24-30(8,9)10)16-18-35(37-38-35)22-26(33)20-28(2,3)4)34(25-31(11,12)13)17-19-36(39-40-36)23-27(34)21-29(5,6)7/h26-27H,15-25H2,1-14H3. The summed E-state index contributed by atoms with van der Waals surface area (Å²) < 4.78 is 0. The summed E-state index contributed by atoms with van der Waals surface area (Å²) in [6.07, 6.45) is 12.6. The highest BCUT2D eigenvalue weighted by atomic mass is 17.4. The van der Waals surface area contributed by atoms with Gasteiger partial charge in [0, 0.05) is 25.7 Å². The highest BCUT2D eigenvalue weighted by molar-refractivity contribution is 5.16. The van der Waals surface area contributed by atoms with Crippen molar-refractivity contribution in [2.45, 2.75) is 179 Å². The van der Waals surface area contributed by atoms with Crippen LogP contribution in [0.4, 0.5) is 0 Å². The molecule has 2 saturated heterocycles. The molecule has 2 heterocycles. The van der Waals surface area contributed by atoms with Crippen molar-refractivity contribution in [2.75, 3.05) is 0 Å². The van der Waals surface area contributed by atoms with Gasteiger partial charge in [-0.3, -0.25) is 0 Å². The van der Waals surface area contributed by atoms with Crippen molar-refractivity contribution >= 4 is 0 Å². The van der Waals surface area contributed by atoms with E-state index in [1.807, 2.05) is 0 Å². The SMILES string of the molecule is CCC(C)(C1(CC(C)(C)C)CCC2(CC1CC(C)(C)C)OO2)C1(CC(C)(C)C)CCC2(CC1CC(C)(C)C)OO2. The van der Waals surface area contributed by atoms with Gasteiger partial charge in [0.25, 0.3) is 0 Å². The van der Waals surface area contributed by atoms with E-state index in [4.69, 9.17) is 19.6 Å². The monoisotopic (exact) mass is 562 g/mol. The Bertz CT molecular complexity index is 827. The zero-order chi connectivity index (χ0) is 30.3. The van der Waals surface area contributed by atoms with Crippen LogP contribution in [-0.2, 0) is 19.6 Å². The van der Waals surface area contributed by atoms with Gasteiger partial charge >= 0.3 is 0 Å². The molecule has 4 atom stereocenters. The molecule has 0 aromatic carbocycles. The fourth-order valence-electron chi connectivity index (χ4n) is 10.4. The van der Waals surface area contributed by atoms with Gasteiger partial charge in [-0.1, -0.05) is 96.9 Å². The third-order valence-electron chi connectivity index (χ3n) is 11.5. The molecule has 234 valence electrons. The van der Waals surface area contributed by atoms with Crippen LogP contribution in [0.3, 0.4) is 0 Å². The fourth-order valence-corrected chi connectivity index (χ4v) is 10.4. The summed E-state index contributed by atoms with van der Waals surface area (Å²) in [7, 11) is 0. The summed E-state index contributed by atoms with van der Waals surface area (Å²) in [5, 5.41) is 0. The first kappa shape index (κ1) is 32.7. The maximum absolute atomic E-state index is 5.79. The fraction of sp³-hybridized carbons (Fsp3) is 1.00. The van der Waals surface area contributed by atoms with Crippen LogP contribution in [0.5, 0.6) is 0 Å². The van der Waals surface area contributed by atoms with Crippen molar-refractivity contribution in [2.24, 2.45) is 49.7 Å². The summed E-state index contributed by atoms with van der Waals surface area (Å²) in [6.45, 7) is 34.8. The molecule has 4 aliphatic rings. The van der Waals surface area contributed by atoms with Crippen molar-refractivity contribution in [3.63, 3.8) is 0 Å². The second kappa shape index (κ2) is 9.93. The van der Waals surface area contributed by atoms with Crippen LogP contribution in [0.2, 0.25) is 0 Å². The number of hydrogen-bond donors (Lipinski definition) is 0. The van der Waals surface area contributed by atoms with Gasteiger partial charge in [-0.15, -0.1) is 0 Å². The Hall–Kier alpha value is -0.160. The molecule has 4 unspecified atom stereocenters. The minimum atomic E-state index is -0.333. The molecule has 40 heavy (non-hydrogen) atoms. The van der Waals surface area contributed by atoms with E-state index in [-0.39, 0.29) is 49.5 Å². The molecule has 2 spiro atoms. The second-order valence-electron chi connectivity index (χ2n) is 20.0. The Morgan fingerprint density at radius 1 is 0.500 bits per heavy atom. The smallest absolute Gasteiger partial charge is 0.195 e. The van der Waals surface area contributed by atoms with E-state index >= 15 is 0 Å². The average molecular weight is 563 g/mol. The second-order valence-corrected chi connectivity index (χ2v) is 20.0. The van der Waals surface area contributed by atoms with Crippen LogP contribution < -0.4 is 0 Å². The first-order valence-corrected chi connectivity index (χ1v) is 16.7. The molecule has 4 nitrogen and oxygen atoms in total. The quantitative estimate of drug-likeness (QED) is 0.229. The van der Waals surface area contributed by atoms with E-state index in [0.29, 0.717) is 11.8 Å². The van der Waals surface area contributed by atoms with Gasteiger partial charge in [0.1, 0.15) is 0 Å². The maximum Gasteiger partial charge on any atom is 0.234 e. The lowest BCUT2D eigenvalue weighted by Crippen LogP contribution is -2.63. The van der Waals surface area contributed by atoms with E-state index in [0.717, 1.165) is 25.7 Å². The zero-order valence-corrected chi connectivity index (χ0v) is 29.1. The van der Waals surface area contributed by atoms with Crippen molar-refractivity contribution in [3.8, 4) is 0 Å². The van der Waals surface area contributed by atoms with E-state index in [1.54, 1.807) is 0 Å². The number of rotatable bonds is 7. The van der Waals surface area contributed by atoms with Crippen molar-refractivity contribution < 1.29 is 19.6 Å². The molecule has 4 rings (SSSR count). The normalized spacial score (nSPS) is 35.5. The summed E-state index contributed by atoms with van der Waals surface area (Å²) >= 11 is 0. The molecule has 0 aromatic rings. The Balaban J connectivity index is 1.96. The van der Waals surface area contributed by atoms with Gasteiger partial charge in [0.05, 0.1) is 0 Å². The van der Waals surface area contributed by atoms with Crippen LogP contribution in [0.25, 0.3) is 0 Å². The molecule has 2 saturated carbocycles. The zero-order valence-electron chi connectivity index (χ0n) is 29.1. The van der Waals surface area contributed by atoms with Gasteiger partial charge < -0.3 is 0 Å². The Labute approximate surface area is 248 Å². The molecule has 0 amide bonds. The van der Waals surface area contributed by atoms with Crippen molar-refractivity contribution in [3.05, 3.63) is 0 Å². The van der Waals surface area contributed by atoms with E-state index in [9.17, 15) is 0 Å². The van der Waals surface area contributed by atoms with Crippen LogP contribution in [0, 0.1) is 49.7 Å². The number of hydrogen-bond acceptors (Lipinski definition) is 4. The Morgan fingerprint density at radius 2 is 0.825 bits per heavy atom. The van der Waals surface area contributed by atoms with Gasteiger partial charge in [-0.2, -0.15) is 19.6 Å². The largest absolute Gasteiger partial charge is 0.234 e. The molecule has 0 N–H and O–H groups in total. The van der Waals surface area contributed by atoms with Gasteiger partial charge in [-0.25, -0.2) is 0 Å². The minimum Gasteiger partial charge on any atom is -0.195 e. The first-order valence-electron chi connectivity index (χ1n) is 16.7. The highest BCUT2D eigenvalue weighted by Crippen LogP contribution is 2.76. The lowest BCUT2D eigenvalue weighted by molar-refractivity contribution is -0.214. The van der Waals surface area contributed by atoms with Gasteiger partial charge in [0.15, 0.2) is 0 Å². The summed E-state index contributed by atoms with van der Waals surface area (Å²) in [5.74, 6) is 0.425. The molecule has 4 heteroatoms. The third-order valence-corrected chi connectivity index (χ3v) is 11.5. The molecule has 0 bridgehead atoms. The molecular weight excluding hydrogens is 496 g/mol. The van der Waals surface area contributed by atoms with E-state index in [1.165, 1.54) is 44.9 Å². The lowest BCUT2D eigenvalue weighted by Gasteiger charge is -2.69. The van der Waals surface area contributed by atoms with E-state index in [2.05, 4.69) is 96.9 Å². The first-order chi connectivity index (χ1) is 17.9. The molecular formula is C36H66O4. The highest BCUT2D eigenvalue weighted by Gasteiger charge is 2.71. The minimum absolute atomic E-state index is 0.138. The summed E-state index contributed by atoms with van der Waals surface area (Å²) in [5.41, 5.74) is 1.44. The molecule has 4 fully saturated rings. The summed E-state index contributed by atoms with van der Waals surface area (Å²) in [4.78, 5) is 23.2. The van der Waals surface area contributed by atoms with Crippen molar-refractivity contribution in [1.82, 2.24) is 0 Å². The van der Waals surface area contributed by atoms with Crippen molar-refractivity contribution in [1.29, 1.82) is 0 Å². The molecule has 2 aliphatic heterocycles. The Morgan fingerprint density at radius 3 is 1.05 bits per heavy atom. The van der Waals surface area contributed by atoms with Crippen LogP contribution >= 0.6 is 0 Å². The molecule has 0 aromatic heterocycles. The predicted octanol–water partition coefficient (Wildman–Crippen LogP) is 11.0. The summed E-state index contributed by atoms with van der Waals surface area (Å²) in [6, 6.07) is 0. The van der Waals surface area contributed by atoms with Crippen LogP contribution in [0.1, 0.15) is 168 Å². The average Bonchev–Trinajstić information content (AvgIpc) is 3.67. The lowest BCUT2D eigenvalue weighted by atomic mass is 9.35. The molecule has 2 aliphatic carbocycles. The van der Waals surface area contributed by atoms with E-state index < -0.39 is 0 Å². The molecule has 0 radical (unpaired) electrons. The third kappa shape index (κ3) is 6.51. The van der Waals surface area contributed by atoms with Crippen LogP contribution in [-0.4, -0.2) is 11.6 Å². The van der Waals surface area contributed by atoms with Crippen LogP contribution in [0.15, 0.2) is 0 Å². The predicted molar refractivity (Wildman–Crippen MR) is 164 cm³/mol. The van der Waals surface area contributed by atoms with Gasteiger partial charge in [0.2, 0.25) is 11.6 Å². The Kier molecular flexibility index (Phi) is 8.13.